The smallest absolute Gasteiger partial charge is 0.337 e. The van der Waals surface area contributed by atoms with Crippen LogP contribution in [-0.4, -0.2) is 24.5 Å². The molecule has 21 heavy (non-hydrogen) atoms. The summed E-state index contributed by atoms with van der Waals surface area (Å²) < 4.78 is 24.6. The molecule has 0 aliphatic rings. The average Bonchev–Trinajstić information content (AvgIpc) is 2.85. The molecule has 0 spiro atoms. The van der Waals surface area contributed by atoms with Gasteiger partial charge in [-0.25, -0.2) is 18.2 Å². The second-order valence-corrected chi connectivity index (χ2v) is 7.63. The second kappa shape index (κ2) is 6.13. The van der Waals surface area contributed by atoms with Crippen LogP contribution in [0.5, 0.6) is 0 Å². The summed E-state index contributed by atoms with van der Waals surface area (Å²) >= 11 is 7.14. The van der Waals surface area contributed by atoms with Gasteiger partial charge in [-0.2, -0.15) is 0 Å². The summed E-state index contributed by atoms with van der Waals surface area (Å²) in [6.07, 6.45) is 0.745. The van der Waals surface area contributed by atoms with Gasteiger partial charge in [0.25, 0.3) is 0 Å². The molecule has 0 saturated heterocycles. The summed E-state index contributed by atoms with van der Waals surface area (Å²) in [5, 5.41) is 11.6. The number of rotatable bonds is 5. The van der Waals surface area contributed by atoms with Crippen molar-refractivity contribution in [2.75, 3.05) is 0 Å². The van der Waals surface area contributed by atoms with E-state index in [9.17, 15) is 13.2 Å². The molecule has 0 atom stereocenters. The molecule has 1 heterocycles. The molecule has 0 radical (unpaired) electrons. The lowest BCUT2D eigenvalue weighted by atomic mass is 10.2. The molecule has 0 saturated carbocycles. The van der Waals surface area contributed by atoms with Crippen LogP contribution in [0.3, 0.4) is 0 Å². The zero-order valence-electron chi connectivity index (χ0n) is 11.0. The van der Waals surface area contributed by atoms with Gasteiger partial charge >= 0.3 is 5.97 Å². The Morgan fingerprint density at radius 1 is 1.43 bits per heavy atom. The molecule has 0 bridgehead atoms. The fourth-order valence-electron chi connectivity index (χ4n) is 1.72. The predicted octanol–water partition coefficient (Wildman–Crippen LogP) is 3.03. The van der Waals surface area contributed by atoms with Gasteiger partial charge in [-0.05, 0) is 24.6 Å². The number of nitrogens with zero attached hydrogens (tertiary/aromatic N) is 1. The van der Waals surface area contributed by atoms with E-state index in [4.69, 9.17) is 16.7 Å². The molecule has 0 fully saturated rings. The topological polar surface area (TPSA) is 84.3 Å². The predicted molar refractivity (Wildman–Crippen MR) is 80.8 cm³/mol. The largest absolute Gasteiger partial charge is 0.478 e. The van der Waals surface area contributed by atoms with E-state index in [1.807, 2.05) is 6.92 Å². The minimum absolute atomic E-state index is 0.00313. The van der Waals surface area contributed by atoms with Gasteiger partial charge in [-0.3, -0.25) is 0 Å². The molecule has 1 aromatic carbocycles. The van der Waals surface area contributed by atoms with Crippen molar-refractivity contribution in [3.8, 4) is 0 Å². The number of aromatic nitrogens is 1. The number of sulfone groups is 1. The van der Waals surface area contributed by atoms with Crippen molar-refractivity contribution in [2.24, 2.45) is 0 Å². The highest BCUT2D eigenvalue weighted by molar-refractivity contribution is 7.90. The van der Waals surface area contributed by atoms with Crippen molar-refractivity contribution < 1.29 is 18.3 Å². The number of halogens is 1. The van der Waals surface area contributed by atoms with Crippen LogP contribution >= 0.6 is 22.9 Å². The van der Waals surface area contributed by atoms with Crippen molar-refractivity contribution in [2.45, 2.75) is 24.0 Å². The van der Waals surface area contributed by atoms with Crippen LogP contribution in [0.15, 0.2) is 28.5 Å². The molecule has 1 aromatic heterocycles. The Kier molecular flexibility index (Phi) is 4.65. The number of carboxylic acids is 1. The van der Waals surface area contributed by atoms with Gasteiger partial charge in [0, 0.05) is 5.38 Å². The number of aromatic carboxylic acids is 1. The summed E-state index contributed by atoms with van der Waals surface area (Å²) in [4.78, 5) is 15.1. The second-order valence-electron chi connectivity index (χ2n) is 4.29. The summed E-state index contributed by atoms with van der Waals surface area (Å²) in [6.45, 7) is 1.94. The van der Waals surface area contributed by atoms with Crippen LogP contribution in [0.4, 0.5) is 0 Å². The van der Waals surface area contributed by atoms with E-state index in [-0.39, 0.29) is 21.2 Å². The molecule has 8 heteroatoms. The Bertz CT molecular complexity index is 783. The van der Waals surface area contributed by atoms with Gasteiger partial charge in [0.2, 0.25) is 0 Å². The standard InChI is InChI=1S/C13H12ClNO4S2/c1-2-12-15-8(6-20-12)7-21(18,19)9-3-4-11(14)10(5-9)13(16)17/h3-6H,2,7H2,1H3,(H,16,17). The van der Waals surface area contributed by atoms with Crippen molar-refractivity contribution in [1.82, 2.24) is 4.98 Å². The number of hydrogen-bond acceptors (Lipinski definition) is 5. The van der Waals surface area contributed by atoms with E-state index >= 15 is 0 Å². The first-order valence-electron chi connectivity index (χ1n) is 6.02. The molecular weight excluding hydrogens is 334 g/mol. The Labute approximate surface area is 131 Å². The molecule has 2 rings (SSSR count). The highest BCUT2D eigenvalue weighted by Gasteiger charge is 2.20. The summed E-state index contributed by atoms with van der Waals surface area (Å²) in [5.74, 6) is -1.52. The average molecular weight is 346 g/mol. The highest BCUT2D eigenvalue weighted by Crippen LogP contribution is 2.23. The summed E-state index contributed by atoms with van der Waals surface area (Å²) in [5.41, 5.74) is 0.231. The number of carbonyl (C=O) groups is 1. The van der Waals surface area contributed by atoms with E-state index in [2.05, 4.69) is 4.98 Å². The minimum Gasteiger partial charge on any atom is -0.478 e. The molecule has 112 valence electrons. The van der Waals surface area contributed by atoms with Crippen LogP contribution in [0.2, 0.25) is 5.02 Å². The fraction of sp³-hybridized carbons (Fsp3) is 0.231. The number of carboxylic acid groups (broad SMARTS) is 1. The maximum Gasteiger partial charge on any atom is 0.337 e. The molecule has 0 aliphatic carbocycles. The van der Waals surface area contributed by atoms with E-state index < -0.39 is 15.8 Å². The van der Waals surface area contributed by atoms with Crippen LogP contribution in [-0.2, 0) is 22.0 Å². The molecular formula is C13H12ClNO4S2. The van der Waals surface area contributed by atoms with Gasteiger partial charge in [0.1, 0.15) is 0 Å². The van der Waals surface area contributed by atoms with Crippen LogP contribution in [0.1, 0.15) is 28.0 Å². The molecule has 0 unspecified atom stereocenters. The maximum atomic E-state index is 12.3. The third-order valence-electron chi connectivity index (χ3n) is 2.77. The number of thiazole rings is 1. The van der Waals surface area contributed by atoms with Crippen molar-refractivity contribution in [3.05, 3.63) is 44.9 Å². The zero-order valence-corrected chi connectivity index (χ0v) is 13.4. The molecule has 0 aliphatic heterocycles. The van der Waals surface area contributed by atoms with Gasteiger partial charge in [0.15, 0.2) is 9.84 Å². The van der Waals surface area contributed by atoms with E-state index in [1.165, 1.54) is 23.5 Å². The first-order chi connectivity index (χ1) is 9.83. The van der Waals surface area contributed by atoms with Crippen molar-refractivity contribution >= 4 is 38.7 Å². The Morgan fingerprint density at radius 3 is 2.71 bits per heavy atom. The summed E-state index contributed by atoms with van der Waals surface area (Å²) in [7, 11) is -3.66. The lowest BCUT2D eigenvalue weighted by molar-refractivity contribution is 0.0697. The Morgan fingerprint density at radius 2 is 2.14 bits per heavy atom. The SMILES string of the molecule is CCc1nc(CS(=O)(=O)c2ccc(Cl)c(C(=O)O)c2)cs1. The Hall–Kier alpha value is -1.44. The van der Waals surface area contributed by atoms with Gasteiger partial charge in [0.05, 0.1) is 31.9 Å². The first-order valence-corrected chi connectivity index (χ1v) is 8.93. The number of aryl methyl sites for hydroxylation is 1. The van der Waals surface area contributed by atoms with Crippen LogP contribution < -0.4 is 0 Å². The summed E-state index contributed by atoms with van der Waals surface area (Å²) in [6, 6.07) is 3.65. The first kappa shape index (κ1) is 15.9. The van der Waals surface area contributed by atoms with Crippen molar-refractivity contribution in [1.29, 1.82) is 0 Å². The van der Waals surface area contributed by atoms with Gasteiger partial charge in [-0.1, -0.05) is 18.5 Å². The lowest BCUT2D eigenvalue weighted by Crippen LogP contribution is -2.07. The van der Waals surface area contributed by atoms with E-state index in [0.29, 0.717) is 5.69 Å². The van der Waals surface area contributed by atoms with Gasteiger partial charge < -0.3 is 5.11 Å². The van der Waals surface area contributed by atoms with Crippen LogP contribution in [0.25, 0.3) is 0 Å². The lowest BCUT2D eigenvalue weighted by Gasteiger charge is -2.05. The third kappa shape index (κ3) is 3.61. The van der Waals surface area contributed by atoms with Crippen LogP contribution in [0, 0.1) is 0 Å². The Balaban J connectivity index is 2.35. The normalized spacial score (nSPS) is 11.5. The number of hydrogen-bond donors (Lipinski definition) is 1. The third-order valence-corrected chi connectivity index (χ3v) is 5.79. The maximum absolute atomic E-state index is 12.3. The monoisotopic (exact) mass is 345 g/mol. The minimum atomic E-state index is -3.66. The molecule has 0 amide bonds. The van der Waals surface area contributed by atoms with E-state index in [1.54, 1.807) is 5.38 Å². The zero-order chi connectivity index (χ0) is 15.6. The molecule has 1 N–H and O–H groups in total. The van der Waals surface area contributed by atoms with Gasteiger partial charge in [-0.15, -0.1) is 11.3 Å². The molecule has 2 aromatic rings. The molecule has 5 nitrogen and oxygen atoms in total. The quantitative estimate of drug-likeness (QED) is 0.900. The highest BCUT2D eigenvalue weighted by atomic mass is 35.5. The fourth-order valence-corrected chi connectivity index (χ4v) is 4.04. The van der Waals surface area contributed by atoms with Crippen molar-refractivity contribution in [3.63, 3.8) is 0 Å². The number of benzene rings is 1. The van der Waals surface area contributed by atoms with E-state index in [0.717, 1.165) is 17.5 Å².